The Labute approximate surface area is 154 Å². The molecule has 2 aromatic rings. The first-order valence-corrected chi connectivity index (χ1v) is 8.73. The quantitative estimate of drug-likeness (QED) is 0.635. The van der Waals surface area contributed by atoms with E-state index < -0.39 is 0 Å². The molecule has 0 aliphatic carbocycles. The molecule has 0 aliphatic rings. The zero-order valence-electron chi connectivity index (χ0n) is 15.5. The van der Waals surface area contributed by atoms with Crippen LogP contribution < -0.4 is 20.1 Å². The highest BCUT2D eigenvalue weighted by Crippen LogP contribution is 2.27. The monoisotopic (exact) mass is 358 g/mol. The molecule has 0 fully saturated rings. The van der Waals surface area contributed by atoms with E-state index >= 15 is 0 Å². The Balaban J connectivity index is 1.87. The van der Waals surface area contributed by atoms with Crippen LogP contribution in [0.5, 0.6) is 11.5 Å². The second-order valence-corrected chi connectivity index (χ2v) is 5.80. The van der Waals surface area contributed by atoms with Crippen LogP contribution in [0.4, 0.5) is 5.95 Å². The molecule has 0 unspecified atom stereocenters. The van der Waals surface area contributed by atoms with Crippen LogP contribution in [0.1, 0.15) is 42.1 Å². The summed E-state index contributed by atoms with van der Waals surface area (Å²) in [6.07, 6.45) is 6.47. The number of benzene rings is 1. The second kappa shape index (κ2) is 10.2. The van der Waals surface area contributed by atoms with Gasteiger partial charge in [0.25, 0.3) is 5.91 Å². The zero-order chi connectivity index (χ0) is 18.8. The predicted molar refractivity (Wildman–Crippen MR) is 101 cm³/mol. The number of rotatable bonds is 10. The van der Waals surface area contributed by atoms with Gasteiger partial charge in [-0.05, 0) is 24.1 Å². The maximum atomic E-state index is 12.2. The number of hydrogen-bond donors (Lipinski definition) is 2. The molecule has 1 aromatic heterocycles. The largest absolute Gasteiger partial charge is 0.493 e. The number of anilines is 1. The van der Waals surface area contributed by atoms with Crippen molar-refractivity contribution in [1.29, 1.82) is 0 Å². The molecule has 1 aromatic carbocycles. The van der Waals surface area contributed by atoms with Crippen molar-refractivity contribution in [3.8, 4) is 11.5 Å². The molecule has 0 radical (unpaired) electrons. The van der Waals surface area contributed by atoms with Crippen LogP contribution in [-0.2, 0) is 6.54 Å². The second-order valence-electron chi connectivity index (χ2n) is 5.80. The van der Waals surface area contributed by atoms with Crippen molar-refractivity contribution in [3.05, 3.63) is 41.7 Å². The SMILES string of the molecule is CCCCCNc1ncc(C(=O)NCc2ccc(OC)c(OC)c2)cn1. The first kappa shape index (κ1) is 19.5. The van der Waals surface area contributed by atoms with Crippen molar-refractivity contribution in [2.75, 3.05) is 26.1 Å². The lowest BCUT2D eigenvalue weighted by molar-refractivity contribution is 0.0950. The lowest BCUT2D eigenvalue weighted by atomic mass is 10.2. The molecule has 26 heavy (non-hydrogen) atoms. The third-order valence-electron chi connectivity index (χ3n) is 3.88. The summed E-state index contributed by atoms with van der Waals surface area (Å²) in [6.45, 7) is 3.36. The van der Waals surface area contributed by atoms with Crippen LogP contribution >= 0.6 is 0 Å². The van der Waals surface area contributed by atoms with Gasteiger partial charge in [0.2, 0.25) is 5.95 Å². The number of unbranched alkanes of at least 4 members (excludes halogenated alkanes) is 2. The smallest absolute Gasteiger partial charge is 0.254 e. The van der Waals surface area contributed by atoms with Crippen LogP contribution in [-0.4, -0.2) is 36.6 Å². The number of aromatic nitrogens is 2. The maximum absolute atomic E-state index is 12.2. The predicted octanol–water partition coefficient (Wildman–Crippen LogP) is 3.03. The Morgan fingerprint density at radius 3 is 2.46 bits per heavy atom. The summed E-state index contributed by atoms with van der Waals surface area (Å²) in [5, 5.41) is 5.99. The Hall–Kier alpha value is -2.83. The molecule has 0 aliphatic heterocycles. The Kier molecular flexibility index (Phi) is 7.67. The number of amides is 1. The summed E-state index contributed by atoms with van der Waals surface area (Å²) in [4.78, 5) is 20.6. The number of hydrogen-bond acceptors (Lipinski definition) is 6. The van der Waals surface area contributed by atoms with Crippen molar-refractivity contribution >= 4 is 11.9 Å². The third kappa shape index (κ3) is 5.61. The standard InChI is InChI=1S/C19H26N4O3/c1-4-5-6-9-20-19-22-12-15(13-23-19)18(24)21-11-14-7-8-16(25-2)17(10-14)26-3/h7-8,10,12-13H,4-6,9,11H2,1-3H3,(H,21,24)(H,20,22,23). The Morgan fingerprint density at radius 1 is 1.08 bits per heavy atom. The molecule has 7 heteroatoms. The minimum atomic E-state index is -0.225. The Bertz CT molecular complexity index is 704. The molecule has 0 saturated carbocycles. The molecule has 140 valence electrons. The van der Waals surface area contributed by atoms with E-state index in [0.717, 1.165) is 18.5 Å². The Morgan fingerprint density at radius 2 is 1.81 bits per heavy atom. The summed E-state index contributed by atoms with van der Waals surface area (Å²) in [7, 11) is 3.16. The summed E-state index contributed by atoms with van der Waals surface area (Å²) < 4.78 is 10.5. The lowest BCUT2D eigenvalue weighted by Crippen LogP contribution is -2.23. The van der Waals surface area contributed by atoms with Crippen LogP contribution in [0.3, 0.4) is 0 Å². The number of carbonyl (C=O) groups is 1. The fraction of sp³-hybridized carbons (Fsp3) is 0.421. The number of carbonyl (C=O) groups excluding carboxylic acids is 1. The number of nitrogens with zero attached hydrogens (tertiary/aromatic N) is 2. The van der Waals surface area contributed by atoms with Gasteiger partial charge >= 0.3 is 0 Å². The molecular weight excluding hydrogens is 332 g/mol. The average molecular weight is 358 g/mol. The minimum Gasteiger partial charge on any atom is -0.493 e. The highest BCUT2D eigenvalue weighted by molar-refractivity contribution is 5.93. The van der Waals surface area contributed by atoms with E-state index in [1.165, 1.54) is 25.2 Å². The van der Waals surface area contributed by atoms with Gasteiger partial charge in [0, 0.05) is 25.5 Å². The highest BCUT2D eigenvalue weighted by atomic mass is 16.5. The van der Waals surface area contributed by atoms with Gasteiger partial charge in [-0.25, -0.2) is 9.97 Å². The van der Waals surface area contributed by atoms with Gasteiger partial charge in [0.05, 0.1) is 19.8 Å². The maximum Gasteiger partial charge on any atom is 0.254 e. The van der Waals surface area contributed by atoms with E-state index in [9.17, 15) is 4.79 Å². The summed E-state index contributed by atoms with van der Waals surface area (Å²) in [5.41, 5.74) is 1.33. The van der Waals surface area contributed by atoms with Crippen LogP contribution in [0.15, 0.2) is 30.6 Å². The van der Waals surface area contributed by atoms with E-state index in [4.69, 9.17) is 9.47 Å². The van der Waals surface area contributed by atoms with E-state index in [2.05, 4.69) is 27.5 Å². The van der Waals surface area contributed by atoms with Gasteiger partial charge in [-0.1, -0.05) is 25.8 Å². The van der Waals surface area contributed by atoms with E-state index in [1.54, 1.807) is 14.2 Å². The van der Waals surface area contributed by atoms with Gasteiger partial charge < -0.3 is 20.1 Å². The van der Waals surface area contributed by atoms with Crippen molar-refractivity contribution in [3.63, 3.8) is 0 Å². The summed E-state index contributed by atoms with van der Waals surface area (Å²) in [5.74, 6) is 1.59. The van der Waals surface area contributed by atoms with Crippen molar-refractivity contribution in [2.45, 2.75) is 32.7 Å². The van der Waals surface area contributed by atoms with Crippen molar-refractivity contribution in [2.24, 2.45) is 0 Å². The summed E-state index contributed by atoms with van der Waals surface area (Å²) >= 11 is 0. The fourth-order valence-electron chi connectivity index (χ4n) is 2.39. The van der Waals surface area contributed by atoms with E-state index in [0.29, 0.717) is 29.6 Å². The molecule has 7 nitrogen and oxygen atoms in total. The molecule has 2 N–H and O–H groups in total. The number of ether oxygens (including phenoxy) is 2. The number of nitrogens with one attached hydrogen (secondary N) is 2. The van der Waals surface area contributed by atoms with Crippen LogP contribution in [0, 0.1) is 0 Å². The van der Waals surface area contributed by atoms with Gasteiger partial charge in [0.1, 0.15) is 0 Å². The van der Waals surface area contributed by atoms with E-state index in [1.807, 2.05) is 18.2 Å². The van der Waals surface area contributed by atoms with Gasteiger partial charge in [-0.15, -0.1) is 0 Å². The zero-order valence-corrected chi connectivity index (χ0v) is 15.5. The van der Waals surface area contributed by atoms with Crippen LogP contribution in [0.2, 0.25) is 0 Å². The normalized spacial score (nSPS) is 10.3. The van der Waals surface area contributed by atoms with Gasteiger partial charge in [-0.2, -0.15) is 0 Å². The molecule has 0 atom stereocenters. The minimum absolute atomic E-state index is 0.225. The number of methoxy groups -OCH3 is 2. The highest BCUT2D eigenvalue weighted by Gasteiger charge is 2.09. The van der Waals surface area contributed by atoms with Gasteiger partial charge in [0.15, 0.2) is 11.5 Å². The third-order valence-corrected chi connectivity index (χ3v) is 3.88. The average Bonchev–Trinajstić information content (AvgIpc) is 2.69. The summed E-state index contributed by atoms with van der Waals surface area (Å²) in [6, 6.07) is 5.52. The molecular formula is C19H26N4O3. The first-order valence-electron chi connectivity index (χ1n) is 8.73. The van der Waals surface area contributed by atoms with Gasteiger partial charge in [-0.3, -0.25) is 4.79 Å². The molecule has 1 amide bonds. The molecule has 0 bridgehead atoms. The molecule has 1 heterocycles. The topological polar surface area (TPSA) is 85.4 Å². The van der Waals surface area contributed by atoms with Crippen molar-refractivity contribution in [1.82, 2.24) is 15.3 Å². The molecule has 0 saturated heterocycles. The molecule has 2 rings (SSSR count). The first-order chi connectivity index (χ1) is 12.7. The van der Waals surface area contributed by atoms with Crippen molar-refractivity contribution < 1.29 is 14.3 Å². The lowest BCUT2D eigenvalue weighted by Gasteiger charge is -2.10. The van der Waals surface area contributed by atoms with Crippen LogP contribution in [0.25, 0.3) is 0 Å². The van der Waals surface area contributed by atoms with E-state index in [-0.39, 0.29) is 5.91 Å². The fourth-order valence-corrected chi connectivity index (χ4v) is 2.39. The molecule has 0 spiro atoms.